The first-order valence-corrected chi connectivity index (χ1v) is 10.6. The first-order chi connectivity index (χ1) is 15.2. The van der Waals surface area contributed by atoms with E-state index in [9.17, 15) is 9.59 Å². The van der Waals surface area contributed by atoms with Crippen molar-refractivity contribution in [2.24, 2.45) is 0 Å². The summed E-state index contributed by atoms with van der Waals surface area (Å²) in [7, 11) is 0. The molecule has 2 aromatic rings. The lowest BCUT2D eigenvalue weighted by Crippen LogP contribution is -2.46. The molecule has 0 atom stereocenters. The zero-order valence-electron chi connectivity index (χ0n) is 17.6. The van der Waals surface area contributed by atoms with Gasteiger partial charge in [0.05, 0.1) is 32.2 Å². The predicted octanol–water partition coefficient (Wildman–Crippen LogP) is 2.16. The second-order valence-corrected chi connectivity index (χ2v) is 7.37. The molecule has 0 unspecified atom stereocenters. The highest BCUT2D eigenvalue weighted by molar-refractivity contribution is 5.96. The third kappa shape index (κ3) is 6.92. The lowest BCUT2D eigenvalue weighted by molar-refractivity contribution is -0.130. The molecule has 1 heterocycles. The second kappa shape index (κ2) is 11.8. The number of amides is 2. The summed E-state index contributed by atoms with van der Waals surface area (Å²) >= 11 is 0. The van der Waals surface area contributed by atoms with E-state index in [-0.39, 0.29) is 24.8 Å². The molecule has 1 N–H and O–H groups in total. The number of nitrogens with one attached hydrogen (secondary N) is 1. The molecule has 0 saturated carbocycles. The highest BCUT2D eigenvalue weighted by Crippen LogP contribution is 2.19. The summed E-state index contributed by atoms with van der Waals surface area (Å²) in [5, 5.41) is 11.6. The molecule has 0 aliphatic carbocycles. The van der Waals surface area contributed by atoms with Gasteiger partial charge in [-0.05, 0) is 23.3 Å². The van der Waals surface area contributed by atoms with Crippen molar-refractivity contribution in [3.05, 3.63) is 60.2 Å². The monoisotopic (exact) mass is 420 g/mol. The van der Waals surface area contributed by atoms with Crippen LogP contribution >= 0.6 is 0 Å². The summed E-state index contributed by atoms with van der Waals surface area (Å²) in [6.07, 6.45) is 0.268. The number of hydrogen-bond acceptors (Lipinski definition) is 5. The number of nitrogens with zero attached hydrogens (tertiary/aromatic N) is 3. The van der Waals surface area contributed by atoms with Crippen LogP contribution in [0.1, 0.15) is 16.8 Å². The average Bonchev–Trinajstić information content (AvgIpc) is 2.83. The molecule has 2 amide bonds. The van der Waals surface area contributed by atoms with Crippen LogP contribution in [0.15, 0.2) is 54.6 Å². The van der Waals surface area contributed by atoms with Gasteiger partial charge in [0.1, 0.15) is 0 Å². The Labute approximate surface area is 183 Å². The van der Waals surface area contributed by atoms with Gasteiger partial charge in [-0.3, -0.25) is 14.5 Å². The van der Waals surface area contributed by atoms with Gasteiger partial charge >= 0.3 is 0 Å². The predicted molar refractivity (Wildman–Crippen MR) is 118 cm³/mol. The molecular weight excluding hydrogens is 392 g/mol. The highest BCUT2D eigenvalue weighted by atomic mass is 16.5. The molecule has 162 valence electrons. The molecule has 1 aliphatic rings. The van der Waals surface area contributed by atoms with E-state index in [4.69, 9.17) is 10.00 Å². The number of ether oxygens (including phenoxy) is 1. The number of benzene rings is 2. The highest BCUT2D eigenvalue weighted by Gasteiger charge is 2.17. The first-order valence-electron chi connectivity index (χ1n) is 10.6. The van der Waals surface area contributed by atoms with Gasteiger partial charge in [-0.15, -0.1) is 0 Å². The van der Waals surface area contributed by atoms with Crippen LogP contribution in [0.5, 0.6) is 0 Å². The zero-order valence-corrected chi connectivity index (χ0v) is 17.6. The Balaban J connectivity index is 1.51. The summed E-state index contributed by atoms with van der Waals surface area (Å²) in [6.45, 7) is 4.62. The van der Waals surface area contributed by atoms with Crippen molar-refractivity contribution in [3.63, 3.8) is 0 Å². The van der Waals surface area contributed by atoms with Crippen molar-refractivity contribution in [1.82, 2.24) is 15.1 Å². The quantitative estimate of drug-likeness (QED) is 0.672. The molecule has 1 fully saturated rings. The Morgan fingerprint density at radius 3 is 2.35 bits per heavy atom. The maximum atomic E-state index is 12.7. The number of nitriles is 1. The lowest BCUT2D eigenvalue weighted by atomic mass is 10.0. The van der Waals surface area contributed by atoms with Crippen LogP contribution < -0.4 is 5.32 Å². The van der Waals surface area contributed by atoms with Gasteiger partial charge in [0.25, 0.3) is 5.91 Å². The summed E-state index contributed by atoms with van der Waals surface area (Å²) in [6, 6.07) is 19.3. The van der Waals surface area contributed by atoms with E-state index in [1.807, 2.05) is 42.5 Å². The van der Waals surface area contributed by atoms with Gasteiger partial charge in [-0.1, -0.05) is 42.5 Å². The Hall–Kier alpha value is -3.21. The third-order valence-corrected chi connectivity index (χ3v) is 5.29. The van der Waals surface area contributed by atoms with E-state index >= 15 is 0 Å². The second-order valence-electron chi connectivity index (χ2n) is 7.37. The fourth-order valence-electron chi connectivity index (χ4n) is 3.45. The van der Waals surface area contributed by atoms with Gasteiger partial charge < -0.3 is 15.0 Å². The summed E-state index contributed by atoms with van der Waals surface area (Å²) in [5.41, 5.74) is 2.61. The summed E-state index contributed by atoms with van der Waals surface area (Å²) in [5.74, 6) is -0.473. The lowest BCUT2D eigenvalue weighted by Gasteiger charge is -2.30. The van der Waals surface area contributed by atoms with Crippen molar-refractivity contribution in [1.29, 1.82) is 5.26 Å². The van der Waals surface area contributed by atoms with E-state index < -0.39 is 0 Å². The van der Waals surface area contributed by atoms with Gasteiger partial charge in [-0.25, -0.2) is 0 Å². The van der Waals surface area contributed by atoms with Crippen molar-refractivity contribution >= 4 is 11.8 Å². The van der Waals surface area contributed by atoms with E-state index in [1.165, 1.54) is 0 Å². The van der Waals surface area contributed by atoms with Gasteiger partial charge in [0.15, 0.2) is 0 Å². The van der Waals surface area contributed by atoms with Crippen LogP contribution in [0.4, 0.5) is 0 Å². The SMILES string of the molecule is N#CCCN(CCN1CCOCC1)C(=O)CNC(=O)c1ccc(-c2ccccc2)cc1. The minimum atomic E-state index is -0.290. The molecular formula is C24H28N4O3. The van der Waals surface area contributed by atoms with Crippen LogP contribution in [-0.4, -0.2) is 74.1 Å². The summed E-state index contributed by atoms with van der Waals surface area (Å²) in [4.78, 5) is 29.0. The first kappa shape index (κ1) is 22.5. The number of rotatable bonds is 9. The van der Waals surface area contributed by atoms with Crippen molar-refractivity contribution in [2.75, 3.05) is 52.5 Å². The van der Waals surface area contributed by atoms with Crippen LogP contribution in [0, 0.1) is 11.3 Å². The number of morpholine rings is 1. The maximum absolute atomic E-state index is 12.7. The standard InChI is InChI=1S/C24H28N4O3/c25-11-4-12-28(14-13-27-15-17-31-18-16-27)23(29)19-26-24(30)22-9-7-21(8-10-22)20-5-2-1-3-6-20/h1-3,5-10H,4,12-19H2,(H,26,30). The Bertz CT molecular complexity index is 887. The molecule has 7 heteroatoms. The molecule has 0 radical (unpaired) electrons. The normalized spacial score (nSPS) is 13.9. The van der Waals surface area contributed by atoms with Crippen LogP contribution in [0.2, 0.25) is 0 Å². The smallest absolute Gasteiger partial charge is 0.251 e. The fraction of sp³-hybridized carbons (Fsp3) is 0.375. The van der Waals surface area contributed by atoms with Gasteiger partial charge in [0, 0.05) is 38.3 Å². The maximum Gasteiger partial charge on any atom is 0.251 e. The largest absolute Gasteiger partial charge is 0.379 e. The molecule has 2 aromatic carbocycles. The third-order valence-electron chi connectivity index (χ3n) is 5.29. The molecule has 7 nitrogen and oxygen atoms in total. The summed E-state index contributed by atoms with van der Waals surface area (Å²) < 4.78 is 5.35. The molecule has 1 saturated heterocycles. The van der Waals surface area contributed by atoms with Crippen LogP contribution in [0.3, 0.4) is 0 Å². The van der Waals surface area contributed by atoms with E-state index in [1.54, 1.807) is 17.0 Å². The molecule has 31 heavy (non-hydrogen) atoms. The zero-order chi connectivity index (χ0) is 21.9. The van der Waals surface area contributed by atoms with Crippen LogP contribution in [0.25, 0.3) is 11.1 Å². The van der Waals surface area contributed by atoms with E-state index in [2.05, 4.69) is 16.3 Å². The molecule has 0 bridgehead atoms. The van der Waals surface area contributed by atoms with E-state index in [0.717, 1.165) is 30.8 Å². The Morgan fingerprint density at radius 2 is 1.68 bits per heavy atom. The Morgan fingerprint density at radius 1 is 1.00 bits per heavy atom. The minimum Gasteiger partial charge on any atom is -0.379 e. The van der Waals surface area contributed by atoms with Crippen molar-refractivity contribution < 1.29 is 14.3 Å². The molecule has 1 aliphatic heterocycles. The topological polar surface area (TPSA) is 85.7 Å². The molecule has 0 spiro atoms. The average molecular weight is 421 g/mol. The van der Waals surface area contributed by atoms with Crippen molar-refractivity contribution in [2.45, 2.75) is 6.42 Å². The van der Waals surface area contributed by atoms with Crippen LogP contribution in [-0.2, 0) is 9.53 Å². The van der Waals surface area contributed by atoms with E-state index in [0.29, 0.717) is 31.9 Å². The number of carbonyl (C=O) groups is 2. The minimum absolute atomic E-state index is 0.0895. The molecule has 0 aromatic heterocycles. The van der Waals surface area contributed by atoms with Gasteiger partial charge in [0.2, 0.25) is 5.91 Å². The fourth-order valence-corrected chi connectivity index (χ4v) is 3.45. The Kier molecular flexibility index (Phi) is 8.59. The van der Waals surface area contributed by atoms with Gasteiger partial charge in [-0.2, -0.15) is 5.26 Å². The number of carbonyl (C=O) groups excluding carboxylic acids is 2. The van der Waals surface area contributed by atoms with Crippen molar-refractivity contribution in [3.8, 4) is 17.2 Å². The number of hydrogen-bond donors (Lipinski definition) is 1. The molecule has 3 rings (SSSR count).